The van der Waals surface area contributed by atoms with Crippen molar-refractivity contribution in [2.24, 2.45) is 0 Å². The summed E-state index contributed by atoms with van der Waals surface area (Å²) in [5.41, 5.74) is 7.01. The summed E-state index contributed by atoms with van der Waals surface area (Å²) >= 11 is 0. The minimum atomic E-state index is -0.300. The van der Waals surface area contributed by atoms with Crippen LogP contribution in [0.15, 0.2) is 72.8 Å². The molecule has 29 heavy (non-hydrogen) atoms. The number of allylic oxidation sites excluding steroid dienone is 1. The molecule has 4 rings (SSSR count). The predicted molar refractivity (Wildman–Crippen MR) is 115 cm³/mol. The molecule has 3 nitrogen and oxygen atoms in total. The minimum Gasteiger partial charge on any atom is -0.489 e. The summed E-state index contributed by atoms with van der Waals surface area (Å²) in [5.74, 6) is 1.21. The van der Waals surface area contributed by atoms with Crippen LogP contribution in [0.25, 0.3) is 5.57 Å². The number of aryl methyl sites for hydroxylation is 2. The first kappa shape index (κ1) is 19.0. The molecule has 0 unspecified atom stereocenters. The highest BCUT2D eigenvalue weighted by atomic mass is 16.5. The molecule has 0 saturated heterocycles. The molecule has 0 heterocycles. The van der Waals surface area contributed by atoms with Gasteiger partial charge in [0.15, 0.2) is 0 Å². The second-order valence-electron chi connectivity index (χ2n) is 7.32. The Hall–Kier alpha value is -3.33. The lowest BCUT2D eigenvalue weighted by atomic mass is 9.86. The zero-order chi connectivity index (χ0) is 20.2. The molecule has 3 heteroatoms. The van der Waals surface area contributed by atoms with Crippen LogP contribution in [0.1, 0.15) is 41.2 Å². The van der Waals surface area contributed by atoms with Gasteiger partial charge in [0.05, 0.1) is 0 Å². The Morgan fingerprint density at radius 2 is 1.83 bits per heavy atom. The highest BCUT2D eigenvalue weighted by molar-refractivity contribution is 5.83. The molecule has 0 spiro atoms. The van der Waals surface area contributed by atoms with Gasteiger partial charge in [0.2, 0.25) is 0 Å². The van der Waals surface area contributed by atoms with Crippen molar-refractivity contribution in [3.8, 4) is 11.5 Å². The number of ether oxygens (including phenoxy) is 2. The number of carbonyl (C=O) groups is 1. The standard InChI is InChI=1S/C26H24O3/c1-18-15-22(11-14-26(18)29-19(2)27)24-10-6-9-21-16-23(12-13-25(21)24)28-17-20-7-4-3-5-8-20/h3-5,7-8,10-16H,6,9,17H2,1-2H3. The Kier molecular flexibility index (Phi) is 5.48. The van der Waals surface area contributed by atoms with E-state index in [0.717, 1.165) is 35.3 Å². The largest absolute Gasteiger partial charge is 0.489 e. The van der Waals surface area contributed by atoms with E-state index in [1.165, 1.54) is 23.6 Å². The maximum atomic E-state index is 11.2. The van der Waals surface area contributed by atoms with Gasteiger partial charge in [-0.3, -0.25) is 4.79 Å². The average molecular weight is 384 g/mol. The SMILES string of the molecule is CC(=O)Oc1ccc(C2=CCCc3cc(OCc4ccccc4)ccc32)cc1C. The number of hydrogen-bond donors (Lipinski definition) is 0. The molecule has 1 aliphatic carbocycles. The molecule has 0 N–H and O–H groups in total. The van der Waals surface area contributed by atoms with Gasteiger partial charge in [-0.2, -0.15) is 0 Å². The van der Waals surface area contributed by atoms with Gasteiger partial charge < -0.3 is 9.47 Å². The topological polar surface area (TPSA) is 35.5 Å². The van der Waals surface area contributed by atoms with Gasteiger partial charge in [0, 0.05) is 6.92 Å². The lowest BCUT2D eigenvalue weighted by Crippen LogP contribution is -2.05. The Labute approximate surface area is 171 Å². The summed E-state index contributed by atoms with van der Waals surface area (Å²) in [4.78, 5) is 11.2. The molecular weight excluding hydrogens is 360 g/mol. The summed E-state index contributed by atoms with van der Waals surface area (Å²) in [6.45, 7) is 3.95. The van der Waals surface area contributed by atoms with Crippen molar-refractivity contribution in [1.82, 2.24) is 0 Å². The second-order valence-corrected chi connectivity index (χ2v) is 7.32. The highest BCUT2D eigenvalue weighted by Crippen LogP contribution is 2.35. The van der Waals surface area contributed by atoms with Crippen LogP contribution in [0.4, 0.5) is 0 Å². The fourth-order valence-electron chi connectivity index (χ4n) is 3.71. The number of rotatable bonds is 5. The van der Waals surface area contributed by atoms with Crippen LogP contribution in [0.2, 0.25) is 0 Å². The van der Waals surface area contributed by atoms with Crippen LogP contribution in [0.3, 0.4) is 0 Å². The number of carbonyl (C=O) groups excluding carboxylic acids is 1. The normalized spacial score (nSPS) is 12.7. The Morgan fingerprint density at radius 1 is 1.00 bits per heavy atom. The molecule has 3 aromatic rings. The quantitative estimate of drug-likeness (QED) is 0.407. The van der Waals surface area contributed by atoms with E-state index in [-0.39, 0.29) is 5.97 Å². The highest BCUT2D eigenvalue weighted by Gasteiger charge is 2.16. The third kappa shape index (κ3) is 4.40. The molecule has 0 atom stereocenters. The molecule has 0 aliphatic heterocycles. The van der Waals surface area contributed by atoms with Gasteiger partial charge >= 0.3 is 5.97 Å². The van der Waals surface area contributed by atoms with Crippen molar-refractivity contribution >= 4 is 11.5 Å². The van der Waals surface area contributed by atoms with Crippen LogP contribution in [0, 0.1) is 6.92 Å². The Bertz CT molecular complexity index is 1060. The summed E-state index contributed by atoms with van der Waals surface area (Å²) in [7, 11) is 0. The molecule has 146 valence electrons. The average Bonchev–Trinajstić information content (AvgIpc) is 2.73. The summed E-state index contributed by atoms with van der Waals surface area (Å²) < 4.78 is 11.3. The van der Waals surface area contributed by atoms with Crippen LogP contribution >= 0.6 is 0 Å². The zero-order valence-corrected chi connectivity index (χ0v) is 16.8. The minimum absolute atomic E-state index is 0.300. The van der Waals surface area contributed by atoms with Gasteiger partial charge in [-0.1, -0.05) is 48.5 Å². The lowest BCUT2D eigenvalue weighted by molar-refractivity contribution is -0.131. The van der Waals surface area contributed by atoms with Crippen molar-refractivity contribution in [2.75, 3.05) is 0 Å². The molecule has 0 aromatic heterocycles. The van der Waals surface area contributed by atoms with E-state index in [2.05, 4.69) is 36.4 Å². The summed E-state index contributed by atoms with van der Waals surface area (Å²) in [6, 6.07) is 22.5. The first-order chi connectivity index (χ1) is 14.1. The second kappa shape index (κ2) is 8.36. The van der Waals surface area contributed by atoms with Crippen LogP contribution in [-0.2, 0) is 17.8 Å². The van der Waals surface area contributed by atoms with Gasteiger partial charge in [-0.25, -0.2) is 0 Å². The predicted octanol–water partition coefficient (Wildman–Crippen LogP) is 5.88. The fourth-order valence-corrected chi connectivity index (χ4v) is 3.71. The van der Waals surface area contributed by atoms with Crippen LogP contribution in [0.5, 0.6) is 11.5 Å². The van der Waals surface area contributed by atoms with E-state index >= 15 is 0 Å². The van der Waals surface area contributed by atoms with Gasteiger partial charge in [0.1, 0.15) is 18.1 Å². The Morgan fingerprint density at radius 3 is 2.59 bits per heavy atom. The van der Waals surface area contributed by atoms with Crippen molar-refractivity contribution in [2.45, 2.75) is 33.3 Å². The van der Waals surface area contributed by atoms with Gasteiger partial charge in [-0.15, -0.1) is 0 Å². The first-order valence-corrected chi connectivity index (χ1v) is 9.90. The Balaban J connectivity index is 1.56. The maximum absolute atomic E-state index is 11.2. The molecule has 0 radical (unpaired) electrons. The first-order valence-electron chi connectivity index (χ1n) is 9.90. The van der Waals surface area contributed by atoms with Gasteiger partial charge in [-0.05, 0) is 77.4 Å². The number of benzene rings is 3. The molecule has 0 amide bonds. The monoisotopic (exact) mass is 384 g/mol. The summed E-state index contributed by atoms with van der Waals surface area (Å²) in [6.07, 6.45) is 4.29. The van der Waals surface area contributed by atoms with E-state index in [0.29, 0.717) is 12.4 Å². The van der Waals surface area contributed by atoms with E-state index < -0.39 is 0 Å². The molecular formula is C26H24O3. The van der Waals surface area contributed by atoms with Crippen molar-refractivity contribution in [1.29, 1.82) is 0 Å². The number of fused-ring (bicyclic) bond motifs is 1. The summed E-state index contributed by atoms with van der Waals surface area (Å²) in [5, 5.41) is 0. The molecule has 1 aliphatic rings. The third-order valence-electron chi connectivity index (χ3n) is 5.12. The smallest absolute Gasteiger partial charge is 0.308 e. The van der Waals surface area contributed by atoms with E-state index in [4.69, 9.17) is 9.47 Å². The van der Waals surface area contributed by atoms with Crippen molar-refractivity contribution in [3.63, 3.8) is 0 Å². The zero-order valence-electron chi connectivity index (χ0n) is 16.8. The van der Waals surface area contributed by atoms with Crippen LogP contribution in [-0.4, -0.2) is 5.97 Å². The number of hydrogen-bond acceptors (Lipinski definition) is 3. The number of esters is 1. The van der Waals surface area contributed by atoms with E-state index in [9.17, 15) is 4.79 Å². The van der Waals surface area contributed by atoms with Crippen molar-refractivity contribution in [3.05, 3.63) is 101 Å². The molecule has 0 saturated carbocycles. The van der Waals surface area contributed by atoms with E-state index in [1.807, 2.05) is 43.3 Å². The fraction of sp³-hybridized carbons (Fsp3) is 0.192. The van der Waals surface area contributed by atoms with E-state index in [1.54, 1.807) is 0 Å². The van der Waals surface area contributed by atoms with Crippen molar-refractivity contribution < 1.29 is 14.3 Å². The maximum Gasteiger partial charge on any atom is 0.308 e. The third-order valence-corrected chi connectivity index (χ3v) is 5.12. The molecule has 0 bridgehead atoms. The molecule has 0 fully saturated rings. The van der Waals surface area contributed by atoms with Crippen LogP contribution < -0.4 is 9.47 Å². The molecule has 3 aromatic carbocycles. The van der Waals surface area contributed by atoms with Gasteiger partial charge in [0.25, 0.3) is 0 Å². The lowest BCUT2D eigenvalue weighted by Gasteiger charge is -2.20.